The molecule has 0 aliphatic carbocycles. The molecule has 126 valence electrons. The summed E-state index contributed by atoms with van der Waals surface area (Å²) in [6.07, 6.45) is -0.304. The van der Waals surface area contributed by atoms with Gasteiger partial charge < -0.3 is 5.32 Å². The van der Waals surface area contributed by atoms with Gasteiger partial charge in [0.25, 0.3) is 0 Å². The van der Waals surface area contributed by atoms with E-state index in [1.165, 1.54) is 24.0 Å². The largest absolute Gasteiger partial charge is 0.416 e. The average Bonchev–Trinajstić information content (AvgIpc) is 2.54. The van der Waals surface area contributed by atoms with Crippen LogP contribution in [0.1, 0.15) is 30.5 Å². The summed E-state index contributed by atoms with van der Waals surface area (Å²) in [6, 6.07) is 3.37. The van der Waals surface area contributed by atoms with Gasteiger partial charge >= 0.3 is 12.2 Å². The molecule has 2 amide bonds. The third-order valence-corrected chi connectivity index (χ3v) is 4.09. The average molecular weight is 336 g/mol. The van der Waals surface area contributed by atoms with Crippen LogP contribution in [0.4, 0.5) is 18.0 Å². The molecule has 2 heterocycles. The molecule has 0 bridgehead atoms. The molecule has 0 aromatic heterocycles. The Morgan fingerprint density at radius 3 is 2.75 bits per heavy atom. The van der Waals surface area contributed by atoms with E-state index in [2.05, 4.69) is 5.32 Å². The Hall–Kier alpha value is -2.57. The summed E-state index contributed by atoms with van der Waals surface area (Å²) in [5, 5.41) is 2.65. The fourth-order valence-corrected chi connectivity index (χ4v) is 3.00. The number of fused-ring (bicyclic) bond motifs is 1. The molecule has 7 heteroatoms. The highest BCUT2D eigenvalue weighted by molar-refractivity contribution is 5.99. The number of alkyl halides is 3. The van der Waals surface area contributed by atoms with E-state index in [0.717, 1.165) is 12.1 Å². The number of amides is 2. The number of nitrogens with one attached hydrogen (secondary N) is 1. The Balaban J connectivity index is 2.13. The molecule has 1 aromatic rings. The lowest BCUT2D eigenvalue weighted by atomic mass is 9.90. The van der Waals surface area contributed by atoms with E-state index in [0.29, 0.717) is 24.2 Å². The fraction of sp³-hybridized carbons (Fsp3) is 0.294. The summed E-state index contributed by atoms with van der Waals surface area (Å²) >= 11 is 0. The van der Waals surface area contributed by atoms with E-state index in [1.807, 2.05) is 6.08 Å². The number of benzene rings is 1. The number of ketones is 1. The lowest BCUT2D eigenvalue weighted by molar-refractivity contribution is -0.137. The third kappa shape index (κ3) is 2.81. The number of nitrogens with zero attached hydrogens (tertiary/aromatic N) is 1. The van der Waals surface area contributed by atoms with E-state index >= 15 is 0 Å². The Labute approximate surface area is 136 Å². The van der Waals surface area contributed by atoms with Gasteiger partial charge in [0.2, 0.25) is 0 Å². The zero-order valence-corrected chi connectivity index (χ0v) is 12.9. The van der Waals surface area contributed by atoms with E-state index < -0.39 is 23.8 Å². The predicted molar refractivity (Wildman–Crippen MR) is 80.9 cm³/mol. The molecule has 2 aliphatic heterocycles. The summed E-state index contributed by atoms with van der Waals surface area (Å²) in [5.41, 5.74) is 0.169. The number of hydrogen-bond donors (Lipinski definition) is 1. The second kappa shape index (κ2) is 5.81. The normalized spacial score (nSPS) is 20.8. The van der Waals surface area contributed by atoms with Gasteiger partial charge in [-0.25, -0.2) is 4.79 Å². The van der Waals surface area contributed by atoms with Crippen LogP contribution in [0.2, 0.25) is 0 Å². The maximum Gasteiger partial charge on any atom is 0.416 e. The zero-order chi connectivity index (χ0) is 17.5. The lowest BCUT2D eigenvalue weighted by Gasteiger charge is -2.37. The van der Waals surface area contributed by atoms with Gasteiger partial charge in [-0.1, -0.05) is 18.2 Å². The molecule has 24 heavy (non-hydrogen) atoms. The molecular formula is C17H15F3N2O2. The number of urea groups is 1. The first kappa shape index (κ1) is 16.3. The SMILES string of the molecule is CC(=O)C1=C2C=CCCN2C(=O)NC1c1cccc(C(F)(F)F)c1. The van der Waals surface area contributed by atoms with E-state index in [9.17, 15) is 22.8 Å². The first-order valence-corrected chi connectivity index (χ1v) is 7.46. The van der Waals surface area contributed by atoms with E-state index in [4.69, 9.17) is 0 Å². The maximum atomic E-state index is 13.0. The highest BCUT2D eigenvalue weighted by atomic mass is 19.4. The first-order chi connectivity index (χ1) is 11.3. The maximum absolute atomic E-state index is 13.0. The van der Waals surface area contributed by atoms with Crippen molar-refractivity contribution in [3.63, 3.8) is 0 Å². The van der Waals surface area contributed by atoms with Crippen LogP contribution >= 0.6 is 0 Å². The van der Waals surface area contributed by atoms with Crippen LogP contribution < -0.4 is 5.32 Å². The smallest absolute Gasteiger partial charge is 0.327 e. The van der Waals surface area contributed by atoms with Gasteiger partial charge in [0.15, 0.2) is 5.78 Å². The monoisotopic (exact) mass is 336 g/mol. The van der Waals surface area contributed by atoms with Crippen LogP contribution in [0.25, 0.3) is 0 Å². The molecule has 0 saturated heterocycles. The van der Waals surface area contributed by atoms with Crippen molar-refractivity contribution in [2.45, 2.75) is 25.6 Å². The Kier molecular flexibility index (Phi) is 3.95. The molecule has 3 rings (SSSR count). The number of hydrogen-bond acceptors (Lipinski definition) is 2. The number of carbonyl (C=O) groups is 2. The van der Waals surface area contributed by atoms with E-state index in [1.54, 1.807) is 6.08 Å². The minimum Gasteiger partial charge on any atom is -0.327 e. The highest BCUT2D eigenvalue weighted by Gasteiger charge is 2.37. The van der Waals surface area contributed by atoms with Crippen molar-refractivity contribution in [1.29, 1.82) is 0 Å². The zero-order valence-electron chi connectivity index (χ0n) is 12.9. The van der Waals surface area contributed by atoms with Crippen LogP contribution in [0.15, 0.2) is 47.7 Å². The number of rotatable bonds is 2. The van der Waals surface area contributed by atoms with Crippen molar-refractivity contribution >= 4 is 11.8 Å². The van der Waals surface area contributed by atoms with Crippen LogP contribution in [0.5, 0.6) is 0 Å². The molecule has 1 atom stereocenters. The predicted octanol–water partition coefficient (Wildman–Crippen LogP) is 3.57. The minimum atomic E-state index is -4.49. The summed E-state index contributed by atoms with van der Waals surface area (Å²) in [7, 11) is 0. The standard InChI is InChI=1S/C17H15F3N2O2/c1-10(23)14-13-7-2-3-8-22(13)16(24)21-15(14)11-5-4-6-12(9-11)17(18,19)20/h2,4-7,9,15H,3,8H2,1H3,(H,21,24). The molecule has 1 unspecified atom stereocenters. The lowest BCUT2D eigenvalue weighted by Crippen LogP contribution is -2.48. The minimum absolute atomic E-state index is 0.231. The van der Waals surface area contributed by atoms with Crippen molar-refractivity contribution in [1.82, 2.24) is 10.2 Å². The molecular weight excluding hydrogens is 321 g/mol. The Bertz CT molecular complexity index is 765. The molecule has 0 spiro atoms. The van der Waals surface area contributed by atoms with Gasteiger partial charge in [-0.2, -0.15) is 13.2 Å². The number of allylic oxidation sites excluding steroid dienone is 1. The fourth-order valence-electron chi connectivity index (χ4n) is 3.00. The molecule has 2 aliphatic rings. The van der Waals surface area contributed by atoms with Crippen molar-refractivity contribution in [2.24, 2.45) is 0 Å². The van der Waals surface area contributed by atoms with Crippen molar-refractivity contribution in [3.05, 3.63) is 58.8 Å². The molecule has 1 aromatic carbocycles. The third-order valence-electron chi connectivity index (χ3n) is 4.09. The number of carbonyl (C=O) groups excluding carboxylic acids is 2. The number of Topliss-reactive ketones (excluding diaryl/α,β-unsaturated/α-hetero) is 1. The van der Waals surface area contributed by atoms with E-state index in [-0.39, 0.29) is 11.3 Å². The van der Waals surface area contributed by atoms with Crippen LogP contribution in [-0.4, -0.2) is 23.3 Å². The Morgan fingerprint density at radius 2 is 2.08 bits per heavy atom. The van der Waals surface area contributed by atoms with Gasteiger partial charge in [-0.15, -0.1) is 0 Å². The van der Waals surface area contributed by atoms with Crippen LogP contribution in [-0.2, 0) is 11.0 Å². The van der Waals surface area contributed by atoms with Gasteiger partial charge in [-0.3, -0.25) is 9.69 Å². The van der Waals surface area contributed by atoms with Gasteiger partial charge in [0, 0.05) is 12.1 Å². The summed E-state index contributed by atoms with van der Waals surface area (Å²) in [5.74, 6) is -0.288. The molecule has 1 N–H and O–H groups in total. The second-order valence-corrected chi connectivity index (χ2v) is 5.70. The van der Waals surface area contributed by atoms with Crippen molar-refractivity contribution in [3.8, 4) is 0 Å². The molecule has 0 fully saturated rings. The van der Waals surface area contributed by atoms with Crippen molar-refractivity contribution in [2.75, 3.05) is 6.54 Å². The summed E-state index contributed by atoms with van der Waals surface area (Å²) < 4.78 is 38.9. The van der Waals surface area contributed by atoms with Gasteiger partial charge in [0.05, 0.1) is 17.3 Å². The number of halogens is 3. The molecule has 0 saturated carbocycles. The van der Waals surface area contributed by atoms with Crippen molar-refractivity contribution < 1.29 is 22.8 Å². The second-order valence-electron chi connectivity index (χ2n) is 5.70. The van der Waals surface area contributed by atoms with Gasteiger partial charge in [-0.05, 0) is 37.1 Å². The topological polar surface area (TPSA) is 49.4 Å². The Morgan fingerprint density at radius 1 is 1.33 bits per heavy atom. The summed E-state index contributed by atoms with van der Waals surface area (Å²) in [6.45, 7) is 1.78. The van der Waals surface area contributed by atoms with Crippen LogP contribution in [0.3, 0.4) is 0 Å². The van der Waals surface area contributed by atoms with Gasteiger partial charge in [0.1, 0.15) is 0 Å². The quantitative estimate of drug-likeness (QED) is 0.897. The summed E-state index contributed by atoms with van der Waals surface area (Å²) in [4.78, 5) is 25.9. The molecule has 0 radical (unpaired) electrons. The van der Waals surface area contributed by atoms with Crippen LogP contribution in [0, 0.1) is 0 Å². The molecule has 4 nitrogen and oxygen atoms in total. The first-order valence-electron chi connectivity index (χ1n) is 7.46. The highest BCUT2D eigenvalue weighted by Crippen LogP contribution is 2.36.